The molecule has 0 N–H and O–H groups in total. The Bertz CT molecular complexity index is 761. The molecule has 5 heteroatoms. The zero-order valence-corrected chi connectivity index (χ0v) is 16.1. The zero-order valence-electron chi connectivity index (χ0n) is 16.1. The van der Waals surface area contributed by atoms with Crippen LogP contribution in [-0.2, 0) is 4.74 Å². The number of rotatable bonds is 1. The van der Waals surface area contributed by atoms with Gasteiger partial charge in [-0.15, -0.1) is 0 Å². The summed E-state index contributed by atoms with van der Waals surface area (Å²) in [6, 6.07) is 6.43. The van der Waals surface area contributed by atoms with Crippen molar-refractivity contribution in [2.24, 2.45) is 0 Å². The summed E-state index contributed by atoms with van der Waals surface area (Å²) >= 11 is 0. The summed E-state index contributed by atoms with van der Waals surface area (Å²) in [7, 11) is 7.34. The third-order valence-corrected chi connectivity index (χ3v) is 4.77. The topological polar surface area (TPSA) is 44.1 Å². The van der Waals surface area contributed by atoms with E-state index in [-0.39, 0.29) is 5.97 Å². The smallest absolute Gasteiger partial charge is 0.358 e. The Kier molecular flexibility index (Phi) is 6.09. The van der Waals surface area contributed by atoms with Crippen LogP contribution in [-0.4, -0.2) is 30.5 Å². The maximum atomic E-state index is 11.9. The van der Waals surface area contributed by atoms with Gasteiger partial charge in [-0.05, 0) is 31.2 Å². The van der Waals surface area contributed by atoms with E-state index in [1.807, 2.05) is 46.8 Å². The van der Waals surface area contributed by atoms with E-state index in [4.69, 9.17) is 12.6 Å². The molecule has 1 aromatic carbocycles. The van der Waals surface area contributed by atoms with E-state index >= 15 is 0 Å². The molecule has 0 atom stereocenters. The molecule has 2 radical (unpaired) electrons. The number of imidazole rings is 1. The second-order valence-electron chi connectivity index (χ2n) is 5.90. The highest BCUT2D eigenvalue weighted by Gasteiger charge is 2.40. The Hall–Kier alpha value is -2.04. The SMILES string of the molecule is CC.CC.[B]c1ccc2c(c1)-c1nc(C(=O)OC)c(C)n1C1CC2C1. The van der Waals surface area contributed by atoms with Gasteiger partial charge in [-0.1, -0.05) is 51.4 Å². The molecule has 0 amide bonds. The van der Waals surface area contributed by atoms with Crippen molar-refractivity contribution in [3.05, 3.63) is 35.2 Å². The van der Waals surface area contributed by atoms with Crippen molar-refractivity contribution in [2.45, 2.75) is 59.4 Å². The molecule has 1 aromatic heterocycles. The van der Waals surface area contributed by atoms with Crippen molar-refractivity contribution in [2.75, 3.05) is 7.11 Å². The zero-order chi connectivity index (χ0) is 18.7. The Morgan fingerprint density at radius 1 is 1.24 bits per heavy atom. The van der Waals surface area contributed by atoms with Crippen LogP contribution in [0, 0.1) is 6.92 Å². The highest BCUT2D eigenvalue weighted by Crippen LogP contribution is 2.52. The lowest BCUT2D eigenvalue weighted by molar-refractivity contribution is 0.0593. The Labute approximate surface area is 152 Å². The number of hydrogen-bond acceptors (Lipinski definition) is 3. The number of nitrogens with zero attached hydrogens (tertiary/aromatic N) is 2. The van der Waals surface area contributed by atoms with Crippen LogP contribution in [0.4, 0.5) is 0 Å². The molecule has 1 saturated carbocycles. The van der Waals surface area contributed by atoms with Crippen molar-refractivity contribution in [1.29, 1.82) is 0 Å². The lowest BCUT2D eigenvalue weighted by atomic mass is 9.75. The molecule has 2 aliphatic heterocycles. The normalized spacial score (nSPS) is 18.8. The van der Waals surface area contributed by atoms with Crippen LogP contribution in [0.1, 0.15) is 74.2 Å². The fourth-order valence-electron chi connectivity index (χ4n) is 3.62. The molecule has 2 aromatic rings. The molecule has 3 heterocycles. The number of ether oxygens (including phenoxy) is 1. The molecular formula is C20H27BN2O2. The Morgan fingerprint density at radius 3 is 2.48 bits per heavy atom. The number of hydrogen-bond donors (Lipinski definition) is 0. The molecule has 0 saturated heterocycles. The van der Waals surface area contributed by atoms with Gasteiger partial charge >= 0.3 is 5.97 Å². The molecule has 2 bridgehead atoms. The van der Waals surface area contributed by atoms with Crippen molar-refractivity contribution >= 4 is 19.3 Å². The van der Waals surface area contributed by atoms with Crippen LogP contribution in [0.25, 0.3) is 11.4 Å². The van der Waals surface area contributed by atoms with Crippen LogP contribution in [0.15, 0.2) is 18.2 Å². The molecule has 3 aliphatic rings. The fourth-order valence-corrected chi connectivity index (χ4v) is 3.62. The monoisotopic (exact) mass is 338 g/mol. The molecule has 5 rings (SSSR count). The standard InChI is InChI=1S/C16H15BN2O2.2C2H6/c1-8-14(16(20)21-2)18-15-13-7-10(17)3-4-12(13)9-5-11(6-9)19(8)15;2*1-2/h3-4,7,9,11H,5-6H2,1-2H3;2*1-2H3. The van der Waals surface area contributed by atoms with E-state index in [9.17, 15) is 4.79 Å². The van der Waals surface area contributed by atoms with E-state index in [0.717, 1.165) is 35.4 Å². The molecule has 4 nitrogen and oxygen atoms in total. The number of carbonyl (C=O) groups is 1. The summed E-state index contributed by atoms with van der Waals surface area (Å²) in [6.07, 6.45) is 2.20. The van der Waals surface area contributed by atoms with Gasteiger partial charge in [-0.25, -0.2) is 9.78 Å². The van der Waals surface area contributed by atoms with E-state index in [1.165, 1.54) is 12.7 Å². The lowest BCUT2D eigenvalue weighted by Crippen LogP contribution is -2.24. The van der Waals surface area contributed by atoms with Gasteiger partial charge < -0.3 is 9.30 Å². The first-order chi connectivity index (χ1) is 12.1. The maximum absolute atomic E-state index is 11.9. The minimum atomic E-state index is -0.380. The first-order valence-corrected chi connectivity index (χ1v) is 9.17. The largest absolute Gasteiger partial charge is 0.464 e. The molecule has 1 aliphatic carbocycles. The van der Waals surface area contributed by atoms with Gasteiger partial charge in [-0.3, -0.25) is 0 Å². The van der Waals surface area contributed by atoms with Gasteiger partial charge in [-0.2, -0.15) is 0 Å². The third kappa shape index (κ3) is 3.12. The van der Waals surface area contributed by atoms with Crippen LogP contribution in [0.3, 0.4) is 0 Å². The van der Waals surface area contributed by atoms with Crippen LogP contribution in [0.5, 0.6) is 0 Å². The third-order valence-electron chi connectivity index (χ3n) is 4.77. The molecule has 25 heavy (non-hydrogen) atoms. The summed E-state index contributed by atoms with van der Waals surface area (Å²) < 4.78 is 7.03. The van der Waals surface area contributed by atoms with Gasteiger partial charge in [0.2, 0.25) is 0 Å². The molecule has 0 unspecified atom stereocenters. The fraction of sp³-hybridized carbons (Fsp3) is 0.500. The highest BCUT2D eigenvalue weighted by molar-refractivity contribution is 6.32. The van der Waals surface area contributed by atoms with Crippen LogP contribution < -0.4 is 5.46 Å². The van der Waals surface area contributed by atoms with Crippen molar-refractivity contribution in [1.82, 2.24) is 9.55 Å². The molecule has 0 spiro atoms. The van der Waals surface area contributed by atoms with Gasteiger partial charge in [0.05, 0.1) is 7.11 Å². The summed E-state index contributed by atoms with van der Waals surface area (Å²) in [4.78, 5) is 16.5. The lowest BCUT2D eigenvalue weighted by Gasteiger charge is -2.35. The summed E-state index contributed by atoms with van der Waals surface area (Å²) in [5.74, 6) is 1.04. The van der Waals surface area contributed by atoms with Gasteiger partial charge in [0.1, 0.15) is 13.7 Å². The number of esters is 1. The minimum absolute atomic E-state index is 0.380. The molecule has 1 fully saturated rings. The first-order valence-electron chi connectivity index (χ1n) is 9.17. The number of methoxy groups -OCH3 is 1. The molecule has 132 valence electrons. The predicted molar refractivity (Wildman–Crippen MR) is 103 cm³/mol. The van der Waals surface area contributed by atoms with Crippen LogP contribution >= 0.6 is 0 Å². The van der Waals surface area contributed by atoms with E-state index in [1.54, 1.807) is 0 Å². The van der Waals surface area contributed by atoms with E-state index in [0.29, 0.717) is 17.7 Å². The van der Waals surface area contributed by atoms with E-state index in [2.05, 4.69) is 15.6 Å². The second-order valence-corrected chi connectivity index (χ2v) is 5.90. The van der Waals surface area contributed by atoms with Gasteiger partial charge in [0.15, 0.2) is 5.69 Å². The summed E-state index contributed by atoms with van der Waals surface area (Å²) in [5.41, 5.74) is 4.36. The summed E-state index contributed by atoms with van der Waals surface area (Å²) in [5, 5.41) is 0. The number of aromatic nitrogens is 2. The predicted octanol–water partition coefficient (Wildman–Crippen LogP) is 3.92. The average molecular weight is 338 g/mol. The van der Waals surface area contributed by atoms with E-state index < -0.39 is 0 Å². The first kappa shape index (κ1) is 19.3. The quantitative estimate of drug-likeness (QED) is 0.585. The number of carbonyl (C=O) groups excluding carboxylic acids is 1. The highest BCUT2D eigenvalue weighted by atomic mass is 16.5. The molecular weight excluding hydrogens is 311 g/mol. The maximum Gasteiger partial charge on any atom is 0.358 e. The second kappa shape index (κ2) is 7.90. The van der Waals surface area contributed by atoms with Crippen molar-refractivity contribution in [3.8, 4) is 11.4 Å². The van der Waals surface area contributed by atoms with Crippen LogP contribution in [0.2, 0.25) is 0 Å². The minimum Gasteiger partial charge on any atom is -0.464 e. The summed E-state index contributed by atoms with van der Waals surface area (Å²) in [6.45, 7) is 9.94. The van der Waals surface area contributed by atoms with Crippen molar-refractivity contribution in [3.63, 3.8) is 0 Å². The number of benzene rings is 1. The van der Waals surface area contributed by atoms with Gasteiger partial charge in [0, 0.05) is 17.3 Å². The average Bonchev–Trinajstić information content (AvgIpc) is 2.81. The Morgan fingerprint density at radius 2 is 1.88 bits per heavy atom. The van der Waals surface area contributed by atoms with Crippen molar-refractivity contribution < 1.29 is 9.53 Å². The van der Waals surface area contributed by atoms with Gasteiger partial charge in [0.25, 0.3) is 0 Å². The Balaban J connectivity index is 0.000000528.